The lowest BCUT2D eigenvalue weighted by atomic mass is 10.0. The van der Waals surface area contributed by atoms with Crippen LogP contribution in [0.3, 0.4) is 0 Å². The molecule has 1 unspecified atom stereocenters. The maximum atomic E-state index is 13.0. The van der Waals surface area contributed by atoms with Gasteiger partial charge in [0.15, 0.2) is 5.78 Å². The molecule has 0 saturated carbocycles. The number of para-hydroxylation sites is 3. The van der Waals surface area contributed by atoms with Crippen molar-refractivity contribution in [3.05, 3.63) is 196 Å². The van der Waals surface area contributed by atoms with Gasteiger partial charge in [0.25, 0.3) is 7.45 Å². The molecule has 0 fully saturated rings. The SMILES string of the molecule is CC(=O)COC1CCC#CC(F)(F)CC1.NCCC(=O)N1Cc2ccccc2C#Cc2ccccc21.NCCOCCC(=O)CCCC(=O)N1Cc2ccccc2C#Cc2ccccc21.O=C(O)CCC(=O)N1Cc2ccccc2C#Cc2ccccc21.[2H]B(O)CN. The number of hydrogen-bond donors (Lipinski definition) is 5. The van der Waals surface area contributed by atoms with Crippen LogP contribution in [0.5, 0.6) is 0 Å². The number of anilines is 3. The molecule has 0 aromatic heterocycles. The average molecular weight is 1250 g/mol. The number of amides is 3. The zero-order valence-corrected chi connectivity index (χ0v) is 51.6. The van der Waals surface area contributed by atoms with E-state index in [0.717, 1.165) is 67.1 Å². The van der Waals surface area contributed by atoms with E-state index in [-0.39, 0.29) is 74.1 Å². The lowest BCUT2D eigenvalue weighted by molar-refractivity contribution is -0.138. The molecule has 1 atom stereocenters. The number of rotatable bonds is 18. The van der Waals surface area contributed by atoms with E-state index < -0.39 is 19.3 Å². The van der Waals surface area contributed by atoms with E-state index in [1.165, 1.54) is 6.92 Å². The summed E-state index contributed by atoms with van der Waals surface area (Å²) in [5, 5.41) is 16.7. The van der Waals surface area contributed by atoms with Gasteiger partial charge >= 0.3 is 11.9 Å². The number of Topliss-reactive ketones (excluding diaryl/α,β-unsaturated/α-hetero) is 2. The lowest BCUT2D eigenvalue weighted by Crippen LogP contribution is -2.33. The first kappa shape index (κ1) is 69.9. The fourth-order valence-electron chi connectivity index (χ4n) is 9.67. The van der Waals surface area contributed by atoms with Crippen LogP contribution in [-0.2, 0) is 57.9 Å². The lowest BCUT2D eigenvalue weighted by Gasteiger charge is -2.26. The number of aliphatic carboxylic acids is 1. The molecule has 16 nitrogen and oxygen atoms in total. The molecular formula is C73H77BF2N6O10. The Bertz CT molecular complexity index is 3820. The average Bonchev–Trinajstić information content (AvgIpc) is 1.04. The Morgan fingerprint density at radius 3 is 1.40 bits per heavy atom. The van der Waals surface area contributed by atoms with Crippen LogP contribution in [0.25, 0.3) is 0 Å². The number of halogens is 2. The van der Waals surface area contributed by atoms with E-state index in [2.05, 4.69) is 41.4 Å². The third-order valence-electron chi connectivity index (χ3n) is 14.3. The predicted molar refractivity (Wildman–Crippen MR) is 354 cm³/mol. The molecule has 6 aromatic carbocycles. The normalized spacial score (nSPS) is 14.1. The Balaban J connectivity index is 0.000000196. The van der Waals surface area contributed by atoms with E-state index in [9.17, 15) is 37.5 Å². The number of ketones is 2. The highest BCUT2D eigenvalue weighted by atomic mass is 19.3. The Kier molecular flexibility index (Phi) is 29.1. The molecule has 6 aromatic rings. The summed E-state index contributed by atoms with van der Waals surface area (Å²) in [7, 11) is -1.09. The summed E-state index contributed by atoms with van der Waals surface area (Å²) < 4.78 is 42.6. The van der Waals surface area contributed by atoms with Crippen molar-refractivity contribution in [2.45, 2.75) is 109 Å². The van der Waals surface area contributed by atoms with Crippen molar-refractivity contribution in [2.24, 2.45) is 17.2 Å². The van der Waals surface area contributed by atoms with Gasteiger partial charge < -0.3 is 51.5 Å². The summed E-state index contributed by atoms with van der Waals surface area (Å²) >= 11 is 0. The van der Waals surface area contributed by atoms with Gasteiger partial charge in [0, 0.05) is 92.8 Å². The predicted octanol–water partition coefficient (Wildman–Crippen LogP) is 8.54. The van der Waals surface area contributed by atoms with Gasteiger partial charge in [-0.3, -0.25) is 28.8 Å². The fourth-order valence-corrected chi connectivity index (χ4v) is 9.67. The number of carbonyl (C=O) groups is 6. The zero-order valence-electron chi connectivity index (χ0n) is 52.6. The molecule has 3 aliphatic heterocycles. The first-order chi connectivity index (χ1) is 44.9. The zero-order chi connectivity index (χ0) is 67.0. The van der Waals surface area contributed by atoms with E-state index in [0.29, 0.717) is 90.9 Å². The highest BCUT2D eigenvalue weighted by molar-refractivity contribution is 6.25. The van der Waals surface area contributed by atoms with Crippen LogP contribution < -0.4 is 31.9 Å². The minimum absolute atomic E-state index is 0.00290. The second-order valence-electron chi connectivity index (χ2n) is 21.3. The standard InChI is InChI=1S/C24H26N2O3.C19H15NO3.C18H16N2O.C11H14F2O2.CH6BNO/c25-15-17-29-16-14-22(27)9-5-11-24(28)26-18-21-8-2-1-6-19(21)12-13-20-7-3-4-10-23(20)26;21-18(11-12-19(22)23)20-13-16-7-2-1-5-14(16)9-10-15-6-3-4-8-17(15)20;19-12-11-18(21)20-13-16-7-2-1-5-14(16)9-10-15-6-3-4-8-17(15)20;1-9(14)8-15-10-4-2-3-6-11(12,13)7-5-10;3-1-2-4/h1-4,6-8,10H,5,9,11,14-18,25H2;1-8H,11-13H2,(H,22,23);1-8H,11-13,19H2;10H,2,4-5,7-8H2,1H3;2,4H,1,3H2/i;;;;2D. The molecule has 19 heteroatoms. The van der Waals surface area contributed by atoms with Gasteiger partial charge in [-0.15, -0.1) is 0 Å². The van der Waals surface area contributed by atoms with Crippen molar-refractivity contribution in [2.75, 3.05) is 54.1 Å². The second kappa shape index (κ2) is 38.2. The second-order valence-corrected chi connectivity index (χ2v) is 21.3. The number of ether oxygens (including phenoxy) is 2. The number of carboxylic acids is 1. The molecule has 3 amide bonds. The van der Waals surface area contributed by atoms with Gasteiger partial charge in [0.05, 0.1) is 62.4 Å². The Labute approximate surface area is 539 Å². The molecule has 3 heterocycles. The van der Waals surface area contributed by atoms with Crippen LogP contribution in [0.2, 0.25) is 0 Å². The van der Waals surface area contributed by atoms with Crippen LogP contribution in [-0.4, -0.2) is 106 Å². The summed E-state index contributed by atoms with van der Waals surface area (Å²) in [6.45, 7) is 4.46. The minimum Gasteiger partial charge on any atom is -0.481 e. The third kappa shape index (κ3) is 23.4. The summed E-state index contributed by atoms with van der Waals surface area (Å²) in [4.78, 5) is 76.6. The molecule has 10 rings (SSSR count). The highest BCUT2D eigenvalue weighted by Crippen LogP contribution is 2.30. The number of hydrogen-bond acceptors (Lipinski definition) is 12. The van der Waals surface area contributed by atoms with E-state index in [1.807, 2.05) is 152 Å². The van der Waals surface area contributed by atoms with E-state index >= 15 is 0 Å². The van der Waals surface area contributed by atoms with Gasteiger partial charge in [0.2, 0.25) is 17.7 Å². The molecule has 476 valence electrons. The molecule has 0 spiro atoms. The summed E-state index contributed by atoms with van der Waals surface area (Å²) in [6.07, 6.45) is 2.47. The number of nitrogens with zero attached hydrogens (tertiary/aromatic N) is 3. The van der Waals surface area contributed by atoms with Crippen LogP contribution in [0.1, 0.15) is 128 Å². The number of carboxylic acid groups (broad SMARTS) is 1. The quantitative estimate of drug-likeness (QED) is 0.0308. The monoisotopic (exact) mass is 1250 g/mol. The van der Waals surface area contributed by atoms with Crippen LogP contribution >= 0.6 is 0 Å². The first-order valence-corrected chi connectivity index (χ1v) is 30.4. The maximum Gasteiger partial charge on any atom is 0.308 e. The molecule has 8 N–H and O–H groups in total. The van der Waals surface area contributed by atoms with E-state index in [1.54, 1.807) is 14.7 Å². The van der Waals surface area contributed by atoms with Crippen molar-refractivity contribution in [3.63, 3.8) is 0 Å². The number of carbonyl (C=O) groups excluding carboxylic acids is 5. The molecule has 0 saturated heterocycles. The first-order valence-electron chi connectivity index (χ1n) is 31.0. The summed E-state index contributed by atoms with van der Waals surface area (Å²) in [5.41, 5.74) is 26.4. The van der Waals surface area contributed by atoms with Gasteiger partial charge in [-0.25, -0.2) is 0 Å². The van der Waals surface area contributed by atoms with Crippen molar-refractivity contribution >= 4 is 59.8 Å². The number of fused-ring (bicyclic) bond motifs is 6. The van der Waals surface area contributed by atoms with Crippen molar-refractivity contribution in [1.29, 1.82) is 1.34 Å². The molecule has 92 heavy (non-hydrogen) atoms. The van der Waals surface area contributed by atoms with Gasteiger partial charge in [-0.1, -0.05) is 132 Å². The smallest absolute Gasteiger partial charge is 0.308 e. The van der Waals surface area contributed by atoms with Crippen molar-refractivity contribution < 1.29 is 57.2 Å². The molecular weight excluding hydrogens is 1170 g/mol. The molecule has 1 aliphatic carbocycles. The number of alkyl halides is 2. The molecule has 0 bridgehead atoms. The van der Waals surface area contributed by atoms with E-state index in [4.69, 9.17) is 38.1 Å². The van der Waals surface area contributed by atoms with Crippen LogP contribution in [0, 0.1) is 47.4 Å². The summed E-state index contributed by atoms with van der Waals surface area (Å²) in [5.74, 6) is 19.4. The summed E-state index contributed by atoms with van der Waals surface area (Å²) in [6, 6.07) is 46.4. The molecule has 4 aliphatic rings. The highest BCUT2D eigenvalue weighted by Gasteiger charge is 2.29. The van der Waals surface area contributed by atoms with Crippen molar-refractivity contribution in [1.82, 2.24) is 0 Å². The number of nitrogens with two attached hydrogens (primary N) is 3. The maximum absolute atomic E-state index is 13.0. The largest absolute Gasteiger partial charge is 0.481 e. The van der Waals surface area contributed by atoms with Crippen LogP contribution in [0.15, 0.2) is 146 Å². The Morgan fingerprint density at radius 1 is 0.565 bits per heavy atom. The van der Waals surface area contributed by atoms with Gasteiger partial charge in [0.1, 0.15) is 12.4 Å². The van der Waals surface area contributed by atoms with Crippen LogP contribution in [0.4, 0.5) is 25.8 Å². The van der Waals surface area contributed by atoms with Crippen molar-refractivity contribution in [3.8, 4) is 47.4 Å². The minimum atomic E-state index is -2.90. The fraction of sp³-hybridized carbons (Fsp3) is 0.315. The Morgan fingerprint density at radius 2 is 0.978 bits per heavy atom. The third-order valence-corrected chi connectivity index (χ3v) is 14.3. The Hall–Kier alpha value is -9.54. The van der Waals surface area contributed by atoms with Gasteiger partial charge in [-0.2, -0.15) is 8.78 Å². The molecule has 0 radical (unpaired) electrons. The topological polar surface area (TPSA) is 249 Å². The number of benzene rings is 6. The van der Waals surface area contributed by atoms with Gasteiger partial charge in [-0.05, 0) is 110 Å².